The molecule has 1 aromatic carbocycles. The van der Waals surface area contributed by atoms with Crippen LogP contribution in [0, 0.1) is 3.57 Å². The minimum Gasteiger partial charge on any atom is -0.460 e. The first-order valence-corrected chi connectivity index (χ1v) is 14.9. The molecule has 0 spiro atoms. The number of aliphatic hydroxyl groups is 1. The third kappa shape index (κ3) is 8.27. The number of aliphatic hydroxyl groups excluding tert-OH is 1. The first kappa shape index (κ1) is 31.4. The Balaban J connectivity index is 1.39. The van der Waals surface area contributed by atoms with Crippen molar-refractivity contribution in [2.45, 2.75) is 88.9 Å². The van der Waals surface area contributed by atoms with Crippen LogP contribution < -0.4 is 5.32 Å². The molecule has 11 nitrogen and oxygen atoms in total. The highest BCUT2D eigenvalue weighted by Gasteiger charge is 2.45. The van der Waals surface area contributed by atoms with Crippen LogP contribution in [0.15, 0.2) is 35.9 Å². The predicted octanol–water partition coefficient (Wildman–Crippen LogP) is 2.48. The van der Waals surface area contributed by atoms with Crippen molar-refractivity contribution in [3.8, 4) is 0 Å². The third-order valence-electron chi connectivity index (χ3n) is 7.11. The van der Waals surface area contributed by atoms with Crippen LogP contribution in [0.5, 0.6) is 0 Å². The number of carbonyl (C=O) groups excluding carboxylic acids is 4. The third-order valence-corrected chi connectivity index (χ3v) is 7.83. The summed E-state index contributed by atoms with van der Waals surface area (Å²) in [5.41, 5.74) is 0.159. The molecule has 2 aliphatic heterocycles. The van der Waals surface area contributed by atoms with Gasteiger partial charge in [0.2, 0.25) is 11.8 Å². The fourth-order valence-electron chi connectivity index (χ4n) is 5.16. The molecule has 2 fully saturated rings. The summed E-state index contributed by atoms with van der Waals surface area (Å²) in [7, 11) is 0. The van der Waals surface area contributed by atoms with Crippen LogP contribution in [-0.4, -0.2) is 89.7 Å². The molecule has 12 heteroatoms. The van der Waals surface area contributed by atoms with E-state index in [1.54, 1.807) is 39.0 Å². The Morgan fingerprint density at radius 2 is 1.90 bits per heavy atom. The van der Waals surface area contributed by atoms with Gasteiger partial charge in [0.25, 0.3) is 0 Å². The SMILES string of the molecule is CC(C)(C)OC(=O)CC[C@@H](CO)NC(=O)[C@H]1CCCN1C(=O)C1=C[C@H]2OCO[C@H]2[C@H](OC(=O)c2ccc(I)cc2)C1. The summed E-state index contributed by atoms with van der Waals surface area (Å²) in [6.07, 6.45) is 1.33. The minimum atomic E-state index is -0.736. The lowest BCUT2D eigenvalue weighted by molar-refractivity contribution is -0.155. The van der Waals surface area contributed by atoms with E-state index in [0.717, 1.165) is 3.57 Å². The van der Waals surface area contributed by atoms with Gasteiger partial charge in [-0.2, -0.15) is 0 Å². The lowest BCUT2D eigenvalue weighted by Gasteiger charge is -2.33. The number of hydrogen-bond acceptors (Lipinski definition) is 9. The van der Waals surface area contributed by atoms with Crippen LogP contribution in [0.25, 0.3) is 0 Å². The fraction of sp³-hybridized carbons (Fsp3) is 0.586. The number of ether oxygens (including phenoxy) is 4. The number of likely N-dealkylation sites (tertiary alicyclic amines) is 1. The van der Waals surface area contributed by atoms with Gasteiger partial charge in [0, 0.05) is 28.5 Å². The topological polar surface area (TPSA) is 141 Å². The molecule has 0 unspecified atom stereocenters. The maximum absolute atomic E-state index is 13.7. The summed E-state index contributed by atoms with van der Waals surface area (Å²) >= 11 is 2.15. The van der Waals surface area contributed by atoms with E-state index in [9.17, 15) is 24.3 Å². The van der Waals surface area contributed by atoms with E-state index in [-0.39, 0.29) is 38.6 Å². The largest absolute Gasteiger partial charge is 0.460 e. The van der Waals surface area contributed by atoms with Crippen molar-refractivity contribution in [2.24, 2.45) is 0 Å². The van der Waals surface area contributed by atoms with Crippen molar-refractivity contribution in [1.29, 1.82) is 0 Å². The zero-order valence-corrected chi connectivity index (χ0v) is 25.6. The van der Waals surface area contributed by atoms with Gasteiger partial charge in [-0.15, -0.1) is 0 Å². The highest BCUT2D eigenvalue weighted by atomic mass is 127. The molecule has 0 aromatic heterocycles. The van der Waals surface area contributed by atoms with Crippen molar-refractivity contribution in [3.05, 3.63) is 45.0 Å². The van der Waals surface area contributed by atoms with Crippen LogP contribution in [0.2, 0.25) is 0 Å². The Labute approximate surface area is 253 Å². The second-order valence-electron chi connectivity index (χ2n) is 11.4. The lowest BCUT2D eigenvalue weighted by atomic mass is 9.91. The smallest absolute Gasteiger partial charge is 0.338 e. The number of nitrogens with one attached hydrogen (secondary N) is 1. The number of fused-ring (bicyclic) bond motifs is 1. The number of amides is 2. The van der Waals surface area contributed by atoms with Gasteiger partial charge in [0.15, 0.2) is 0 Å². The Hall–Kier alpha value is -2.55. The van der Waals surface area contributed by atoms with E-state index in [1.165, 1.54) is 4.90 Å². The number of rotatable bonds is 9. The van der Waals surface area contributed by atoms with Gasteiger partial charge in [-0.05, 0) is 93.0 Å². The van der Waals surface area contributed by atoms with Crippen molar-refractivity contribution < 1.29 is 43.2 Å². The van der Waals surface area contributed by atoms with E-state index in [0.29, 0.717) is 30.5 Å². The van der Waals surface area contributed by atoms with E-state index < -0.39 is 53.8 Å². The normalized spacial score (nSPS) is 24.7. The molecule has 3 aliphatic rings. The minimum absolute atomic E-state index is 0.0193. The molecule has 0 saturated carbocycles. The average Bonchev–Trinajstić information content (AvgIpc) is 3.60. The van der Waals surface area contributed by atoms with Crippen molar-refractivity contribution >= 4 is 46.3 Å². The Bertz CT molecular complexity index is 1160. The fourth-order valence-corrected chi connectivity index (χ4v) is 5.52. The van der Waals surface area contributed by atoms with E-state index in [1.807, 2.05) is 12.1 Å². The Morgan fingerprint density at radius 1 is 1.17 bits per heavy atom. The first-order chi connectivity index (χ1) is 19.4. The molecular formula is C29H37IN2O9. The maximum Gasteiger partial charge on any atom is 0.338 e. The molecular weight excluding hydrogens is 647 g/mol. The molecule has 41 heavy (non-hydrogen) atoms. The van der Waals surface area contributed by atoms with Gasteiger partial charge in [0.1, 0.15) is 36.7 Å². The van der Waals surface area contributed by atoms with E-state index in [2.05, 4.69) is 27.9 Å². The van der Waals surface area contributed by atoms with Gasteiger partial charge in [-0.3, -0.25) is 14.4 Å². The van der Waals surface area contributed by atoms with Gasteiger partial charge in [-0.25, -0.2) is 4.79 Å². The number of nitrogens with zero attached hydrogens (tertiary/aromatic N) is 1. The summed E-state index contributed by atoms with van der Waals surface area (Å²) in [6.45, 7) is 5.36. The molecule has 1 aromatic rings. The van der Waals surface area contributed by atoms with Crippen LogP contribution in [0.1, 0.15) is 63.2 Å². The van der Waals surface area contributed by atoms with Crippen LogP contribution >= 0.6 is 22.6 Å². The van der Waals surface area contributed by atoms with Crippen LogP contribution in [0.3, 0.4) is 0 Å². The average molecular weight is 685 g/mol. The number of benzene rings is 1. The Morgan fingerprint density at radius 3 is 2.59 bits per heavy atom. The molecule has 0 bridgehead atoms. The number of carbonyl (C=O) groups is 4. The van der Waals surface area contributed by atoms with Crippen molar-refractivity contribution in [1.82, 2.24) is 10.2 Å². The molecule has 4 rings (SSSR count). The van der Waals surface area contributed by atoms with Crippen molar-refractivity contribution in [2.75, 3.05) is 19.9 Å². The standard InChI is InChI=1S/C29H37IN2O9/c1-29(2,3)41-24(34)11-10-20(15-33)31-26(35)21-5-4-12-32(21)27(36)18-13-22-25(39-16-38-22)23(14-18)40-28(37)17-6-8-19(30)9-7-17/h6-9,13,20-23,25,33H,4-5,10-12,14-16H2,1-3H3,(H,31,35)/t20-,21+,22+,23+,25+/m0/s1. The first-order valence-electron chi connectivity index (χ1n) is 13.8. The summed E-state index contributed by atoms with van der Waals surface area (Å²) < 4.78 is 23.4. The highest BCUT2D eigenvalue weighted by Crippen LogP contribution is 2.33. The van der Waals surface area contributed by atoms with Gasteiger partial charge < -0.3 is 34.3 Å². The summed E-state index contributed by atoms with van der Waals surface area (Å²) in [5, 5.41) is 12.6. The molecule has 2 saturated heterocycles. The lowest BCUT2D eigenvalue weighted by Crippen LogP contribution is -2.51. The second-order valence-corrected chi connectivity index (χ2v) is 12.6. The molecule has 2 N–H and O–H groups in total. The maximum atomic E-state index is 13.7. The van der Waals surface area contributed by atoms with Crippen LogP contribution in [0.4, 0.5) is 0 Å². The number of halogens is 1. The van der Waals surface area contributed by atoms with Crippen LogP contribution in [-0.2, 0) is 33.3 Å². The quantitative estimate of drug-likeness (QED) is 0.297. The summed E-state index contributed by atoms with van der Waals surface area (Å²) in [5.74, 6) is -1.66. The molecule has 224 valence electrons. The second kappa shape index (κ2) is 13.6. The predicted molar refractivity (Wildman–Crippen MR) is 155 cm³/mol. The molecule has 5 atom stereocenters. The molecule has 0 radical (unpaired) electrons. The summed E-state index contributed by atoms with van der Waals surface area (Å²) in [4.78, 5) is 53.3. The van der Waals surface area contributed by atoms with Gasteiger partial charge in [-0.1, -0.05) is 0 Å². The molecule has 2 amide bonds. The van der Waals surface area contributed by atoms with E-state index >= 15 is 0 Å². The zero-order valence-electron chi connectivity index (χ0n) is 23.5. The highest BCUT2D eigenvalue weighted by molar-refractivity contribution is 14.1. The zero-order chi connectivity index (χ0) is 29.7. The van der Waals surface area contributed by atoms with Gasteiger partial charge in [0.05, 0.1) is 18.2 Å². The van der Waals surface area contributed by atoms with Gasteiger partial charge >= 0.3 is 11.9 Å². The molecule has 1 aliphatic carbocycles. The monoisotopic (exact) mass is 684 g/mol. The molecule has 2 heterocycles. The Kier molecular flexibility index (Phi) is 10.4. The number of esters is 2. The van der Waals surface area contributed by atoms with Crippen molar-refractivity contribution in [3.63, 3.8) is 0 Å². The summed E-state index contributed by atoms with van der Waals surface area (Å²) in [6, 6.07) is 5.59. The van der Waals surface area contributed by atoms with E-state index in [4.69, 9.17) is 18.9 Å². The number of hydrogen-bond donors (Lipinski definition) is 2.